The lowest BCUT2D eigenvalue weighted by Gasteiger charge is -2.52. The molecule has 0 aromatic heterocycles. The van der Waals surface area contributed by atoms with E-state index in [1.54, 1.807) is 0 Å². The molecule has 11 aliphatic rings. The van der Waals surface area contributed by atoms with E-state index in [1.165, 1.54) is 20.8 Å². The van der Waals surface area contributed by atoms with Crippen LogP contribution in [0.3, 0.4) is 0 Å². The van der Waals surface area contributed by atoms with Crippen molar-refractivity contribution in [2.75, 3.05) is 52.9 Å². The van der Waals surface area contributed by atoms with Gasteiger partial charge in [-0.05, 0) is 20.8 Å². The summed E-state index contributed by atoms with van der Waals surface area (Å²) in [5, 5.41) is 331. The molecule has 56 heteroatoms. The van der Waals surface area contributed by atoms with E-state index in [0.717, 1.165) is 20.8 Å². The molecular weight excluding hydrogens is 1750 g/mol. The summed E-state index contributed by atoms with van der Waals surface area (Å²) in [6, 6.07) is -6.16. The number of amides is 3. The van der Waals surface area contributed by atoms with Gasteiger partial charge in [0.1, 0.15) is 250 Å². The number of ether oxygens (including phenoxy) is 21. The van der Waals surface area contributed by atoms with Crippen molar-refractivity contribution in [1.82, 2.24) is 16.0 Å². The highest BCUT2D eigenvalue weighted by molar-refractivity contribution is 5.74. The maximum atomic E-state index is 13.8. The van der Waals surface area contributed by atoms with Crippen LogP contribution in [0.4, 0.5) is 0 Å². The van der Waals surface area contributed by atoms with Gasteiger partial charge >= 0.3 is 0 Å². The Hall–Kier alpha value is -3.59. The number of aliphatic hydroxyl groups excluding tert-OH is 29. The molecule has 11 aliphatic heterocycles. The number of carbonyl (C=O) groups is 3. The van der Waals surface area contributed by atoms with Crippen LogP contribution in [0.1, 0.15) is 41.5 Å². The third-order valence-electron chi connectivity index (χ3n) is 24.1. The molecule has 0 aromatic carbocycles. The Labute approximate surface area is 725 Å². The Morgan fingerprint density at radius 1 is 0.219 bits per heavy atom. The van der Waals surface area contributed by atoms with Gasteiger partial charge in [-0.25, -0.2) is 0 Å². The minimum absolute atomic E-state index is 0.900. The number of aliphatic hydroxyl groups is 29. The van der Waals surface area contributed by atoms with E-state index in [1.807, 2.05) is 0 Å². The third kappa shape index (κ3) is 22.5. The monoisotopic (exact) mass is 1880 g/mol. The summed E-state index contributed by atoms with van der Waals surface area (Å²) in [7, 11) is 0. The molecule has 1 unspecified atom stereocenters. The predicted molar refractivity (Wildman–Crippen MR) is 393 cm³/mol. The second-order valence-electron chi connectivity index (χ2n) is 33.0. The second-order valence-corrected chi connectivity index (χ2v) is 33.0. The van der Waals surface area contributed by atoms with Crippen LogP contribution in [0.2, 0.25) is 0 Å². The first-order valence-corrected chi connectivity index (χ1v) is 41.2. The van der Waals surface area contributed by atoms with E-state index in [-0.39, 0.29) is 0 Å². The molecule has 56 nitrogen and oxygen atoms in total. The second kappa shape index (κ2) is 45.1. The lowest BCUT2D eigenvalue weighted by molar-refractivity contribution is -0.397. The number of rotatable bonds is 31. The first-order chi connectivity index (χ1) is 60.5. The van der Waals surface area contributed by atoms with Crippen LogP contribution in [0, 0.1) is 0 Å². The van der Waals surface area contributed by atoms with Crippen LogP contribution < -0.4 is 16.0 Å². The van der Waals surface area contributed by atoms with Crippen LogP contribution in [0.15, 0.2) is 0 Å². The van der Waals surface area contributed by atoms with E-state index in [0.29, 0.717) is 0 Å². The summed E-state index contributed by atoms with van der Waals surface area (Å²) in [5.41, 5.74) is 0. The number of carbonyl (C=O) groups excluding carboxylic acids is 3. The molecule has 128 heavy (non-hydrogen) atoms. The molecule has 742 valence electrons. The smallest absolute Gasteiger partial charge is 0.217 e. The average Bonchev–Trinajstić information content (AvgIpc) is 0.772. The number of hydrogen-bond acceptors (Lipinski definition) is 53. The first-order valence-electron chi connectivity index (χ1n) is 41.2. The molecule has 3 amide bonds. The lowest BCUT2D eigenvalue weighted by atomic mass is 9.93. The summed E-state index contributed by atoms with van der Waals surface area (Å²) in [6.45, 7) is -2.96. The average molecular weight is 1880 g/mol. The molecular formula is C72H121N3O53. The van der Waals surface area contributed by atoms with Crippen LogP contribution in [-0.2, 0) is 114 Å². The topological polar surface area (TPSA) is 868 Å². The Kier molecular flexibility index (Phi) is 37.0. The normalized spacial score (nSPS) is 51.6. The van der Waals surface area contributed by atoms with Crippen LogP contribution >= 0.6 is 0 Å². The minimum atomic E-state index is -2.53. The van der Waals surface area contributed by atoms with E-state index >= 15 is 0 Å². The number of hydrogen-bond donors (Lipinski definition) is 32. The summed E-state index contributed by atoms with van der Waals surface area (Å²) in [5.74, 6) is -3.08. The highest BCUT2D eigenvalue weighted by atomic mass is 16.8. The van der Waals surface area contributed by atoms with Crippen molar-refractivity contribution in [3.05, 3.63) is 0 Å². The molecule has 0 radical (unpaired) electrons. The lowest BCUT2D eigenvalue weighted by Crippen LogP contribution is -2.72. The van der Waals surface area contributed by atoms with Gasteiger partial charge in [-0.2, -0.15) is 0 Å². The molecule has 0 spiro atoms. The molecule has 32 N–H and O–H groups in total. The molecule has 11 heterocycles. The van der Waals surface area contributed by atoms with Crippen molar-refractivity contribution < 1.29 is 262 Å². The van der Waals surface area contributed by atoms with E-state index in [4.69, 9.17) is 99.5 Å². The van der Waals surface area contributed by atoms with Crippen molar-refractivity contribution >= 4 is 17.7 Å². The van der Waals surface area contributed by atoms with Gasteiger partial charge in [-0.3, -0.25) is 14.4 Å². The minimum Gasteiger partial charge on any atom is -0.394 e. The van der Waals surface area contributed by atoms with Gasteiger partial charge in [0.2, 0.25) is 17.7 Å². The van der Waals surface area contributed by atoms with Gasteiger partial charge < -0.3 is 264 Å². The van der Waals surface area contributed by atoms with Crippen molar-refractivity contribution in [3.8, 4) is 0 Å². The molecule has 0 bridgehead atoms. The molecule has 55 atom stereocenters. The van der Waals surface area contributed by atoms with Gasteiger partial charge in [-0.1, -0.05) is 0 Å². The fraction of sp³-hybridized carbons (Fsp3) is 0.958. The van der Waals surface area contributed by atoms with Gasteiger partial charge in [0.15, 0.2) is 69.2 Å². The van der Waals surface area contributed by atoms with Crippen LogP contribution in [-0.4, -0.2) is 556 Å². The molecule has 11 saturated heterocycles. The van der Waals surface area contributed by atoms with Crippen molar-refractivity contribution in [3.63, 3.8) is 0 Å². The Balaban J connectivity index is 0.937. The SMILES string of the molecule is CC(=O)N[C@H]1[C@H](O[C@H]2[C@@H](O)[C@@H](CO[C@@H]3O[C@H](CO)[C@@H](O[C@@H]4O[C@H](CO)[C@H](O)[C@H](O[C@@H]5O[C@H](CO)[C@@H](O[C@@H]6O[C@@H](C)[C@@H](O)[C@@H](O)[C@@H]6O)[C@H](O[C@@H]6O[C@H](CO)[C@H](O)[C@H](O)[C@H]6O)[C@H]5NC(C)=O)[C@H]4O)[C@H](O[C@@H]4O[C@@H](C)[C@@H](O)[C@@H](O)[C@@H]4O)[C@H]3NC(C)=O)O[C@@H](O[C@H]3[C@H](O)[C@@H](O)C(O)O[C@@H]3CO)[C@@H]2O)O[C@H](CO)[C@@H](O[C@@H]2O[C@@H](C)[C@@H](O)[C@@H](O)[C@@H]2O)[C@@H]1O[C@@H]1O[C@H](CO)[C@H](O)[C@H](O)[C@@H]1O. The third-order valence-corrected chi connectivity index (χ3v) is 24.1. The molecule has 0 aromatic rings. The Morgan fingerprint density at radius 3 is 0.773 bits per heavy atom. The highest BCUT2D eigenvalue weighted by Crippen LogP contribution is 2.43. The molecule has 0 saturated carbocycles. The van der Waals surface area contributed by atoms with Gasteiger partial charge in [0.25, 0.3) is 0 Å². The van der Waals surface area contributed by atoms with Crippen molar-refractivity contribution in [2.24, 2.45) is 0 Å². The Morgan fingerprint density at radius 2 is 0.453 bits per heavy atom. The fourth-order valence-corrected chi connectivity index (χ4v) is 16.9. The molecule has 0 aliphatic carbocycles. The van der Waals surface area contributed by atoms with Crippen molar-refractivity contribution in [2.45, 2.75) is 379 Å². The predicted octanol–water partition coefficient (Wildman–Crippen LogP) is -21.5. The summed E-state index contributed by atoms with van der Waals surface area (Å²) < 4.78 is 127. The zero-order valence-electron chi connectivity index (χ0n) is 69.2. The standard InChI is InChI=1S/C72H121N3O53/c1-15-32(86)39(93)46(100)66(109-15)121-55-26(12-81)117-64(30(74-19(5)84)58(55)125-69-49(103)42(96)35(89)21(7-76)113-69)127-60-37(91)23(9-78)115-71(51(60)105)123-54-25(11-80)116-63(29(73-18(4)83)57(54)124-68-48(102)41(95)34(88)17(3)111-68)108-14-28-38(92)61(52(106)72(119-28)120-53-24(10-79)112-62(107)45(99)44(53)98)128-65-31(75-20(6)85)59(126-70-50(104)43(97)36(90)22(8-77)114-70)56(27(13-82)118-65)122-67-47(101)40(94)33(87)16(2)110-67/h15-17,21-72,76-82,86-107H,7-14H2,1-6H3,(H,73,83)(H,74,84)(H,75,85)/t15-,16-,17-,21+,22+,23+,24+,25+,26+,27+,28+,29+,30+,31+,32+,33+,34+,35-,36-,37-,38-,39+,40+,41+,42-,43-,44+,45+,46-,47-,48-,49+,50-,51+,52+,53+,54+,55+,56+,57+,58+,59+,60-,61-,62?,63+,64-,65-,66-,67-,68-,69-,70-,71-,72-/m0/s1. The first kappa shape index (κ1) is 105. The fourth-order valence-electron chi connectivity index (χ4n) is 16.9. The molecule has 11 fully saturated rings. The maximum absolute atomic E-state index is 13.8. The zero-order valence-corrected chi connectivity index (χ0v) is 69.2. The quantitative estimate of drug-likeness (QED) is 0.0306. The maximum Gasteiger partial charge on any atom is 0.217 e. The number of nitrogens with one attached hydrogen (secondary N) is 3. The molecule has 11 rings (SSSR count). The van der Waals surface area contributed by atoms with Crippen molar-refractivity contribution in [1.29, 1.82) is 0 Å². The van der Waals surface area contributed by atoms with E-state index < -0.39 is 408 Å². The van der Waals surface area contributed by atoms with Gasteiger partial charge in [-0.15, -0.1) is 0 Å². The van der Waals surface area contributed by atoms with Gasteiger partial charge in [0.05, 0.1) is 71.2 Å². The van der Waals surface area contributed by atoms with Crippen LogP contribution in [0.5, 0.6) is 0 Å². The summed E-state index contributed by atoms with van der Waals surface area (Å²) in [4.78, 5) is 40.8. The largest absolute Gasteiger partial charge is 0.394 e. The van der Waals surface area contributed by atoms with E-state index in [9.17, 15) is 162 Å². The highest BCUT2D eigenvalue weighted by Gasteiger charge is 2.63. The summed E-state index contributed by atoms with van der Waals surface area (Å²) in [6.07, 6.45) is -109. The van der Waals surface area contributed by atoms with E-state index in [2.05, 4.69) is 16.0 Å². The summed E-state index contributed by atoms with van der Waals surface area (Å²) >= 11 is 0. The van der Waals surface area contributed by atoms with Crippen LogP contribution in [0.25, 0.3) is 0 Å². The Bertz CT molecular complexity index is 3460. The van der Waals surface area contributed by atoms with Gasteiger partial charge in [0, 0.05) is 20.8 Å². The zero-order chi connectivity index (χ0) is 94.1.